The van der Waals surface area contributed by atoms with Gasteiger partial charge in [-0.2, -0.15) is 0 Å². The van der Waals surface area contributed by atoms with E-state index in [9.17, 15) is 9.90 Å². The Balaban J connectivity index is 2.52. The van der Waals surface area contributed by atoms with Crippen molar-refractivity contribution < 1.29 is 19.1 Å². The number of aromatic hydroxyl groups is 1. The molecule has 3 aromatic rings. The van der Waals surface area contributed by atoms with Gasteiger partial charge in [-0.3, -0.25) is 0 Å². The number of oxazole rings is 1. The van der Waals surface area contributed by atoms with Crippen LogP contribution in [0.5, 0.6) is 5.75 Å². The summed E-state index contributed by atoms with van der Waals surface area (Å²) < 4.78 is 10.7. The van der Waals surface area contributed by atoms with Gasteiger partial charge < -0.3 is 14.3 Å². The lowest BCUT2D eigenvalue weighted by molar-refractivity contribution is 0.0600. The number of carbonyl (C=O) groups is 1. The highest BCUT2D eigenvalue weighted by molar-refractivity contribution is 6.16. The van der Waals surface area contributed by atoms with Gasteiger partial charge in [-0.15, -0.1) is 0 Å². The molecule has 0 unspecified atom stereocenters. The predicted octanol–water partition coefficient (Wildman–Crippen LogP) is 3.77. The molecule has 0 spiro atoms. The van der Waals surface area contributed by atoms with Crippen molar-refractivity contribution in [1.82, 2.24) is 4.98 Å². The van der Waals surface area contributed by atoms with Crippen molar-refractivity contribution in [2.75, 3.05) is 7.11 Å². The summed E-state index contributed by atoms with van der Waals surface area (Å²) in [7, 11) is 1.27. The van der Waals surface area contributed by atoms with Gasteiger partial charge in [0, 0.05) is 16.2 Å². The van der Waals surface area contributed by atoms with Crippen LogP contribution in [-0.4, -0.2) is 23.2 Å². The largest absolute Gasteiger partial charge is 0.506 e. The summed E-state index contributed by atoms with van der Waals surface area (Å²) in [5, 5.41) is 11.7. The lowest BCUT2D eigenvalue weighted by atomic mass is 9.97. The van der Waals surface area contributed by atoms with E-state index in [4.69, 9.17) is 9.15 Å². The van der Waals surface area contributed by atoms with E-state index in [1.54, 1.807) is 12.1 Å². The molecule has 0 bridgehead atoms. The lowest BCUT2D eigenvalue weighted by Crippen LogP contribution is -2.11. The number of aromatic nitrogens is 1. The van der Waals surface area contributed by atoms with E-state index in [1.807, 2.05) is 32.9 Å². The normalized spacial score (nSPS) is 12.0. The fourth-order valence-electron chi connectivity index (χ4n) is 2.42. The second-order valence-corrected chi connectivity index (χ2v) is 6.21. The first-order chi connectivity index (χ1) is 10.3. The van der Waals surface area contributed by atoms with Crippen LogP contribution in [-0.2, 0) is 10.2 Å². The molecule has 0 aliphatic carbocycles. The molecule has 1 aromatic heterocycles. The van der Waals surface area contributed by atoms with Crippen molar-refractivity contribution in [3.05, 3.63) is 35.7 Å². The number of carbonyl (C=O) groups excluding carboxylic acids is 1. The SMILES string of the molecule is COC(=O)c1c(O)c2ccccc2c2oc(C(C)(C)C)nc12. The van der Waals surface area contributed by atoms with E-state index in [0.717, 1.165) is 0 Å². The van der Waals surface area contributed by atoms with Crippen molar-refractivity contribution in [3.8, 4) is 5.75 Å². The number of methoxy groups -OCH3 is 1. The molecule has 2 aromatic carbocycles. The molecule has 0 aliphatic rings. The topological polar surface area (TPSA) is 72.6 Å². The van der Waals surface area contributed by atoms with Crippen molar-refractivity contribution >= 4 is 27.8 Å². The van der Waals surface area contributed by atoms with Crippen LogP contribution < -0.4 is 0 Å². The molecule has 22 heavy (non-hydrogen) atoms. The van der Waals surface area contributed by atoms with Crippen molar-refractivity contribution in [2.45, 2.75) is 26.2 Å². The Hall–Kier alpha value is -2.56. The molecule has 1 N–H and O–H groups in total. The van der Waals surface area contributed by atoms with E-state index < -0.39 is 5.97 Å². The van der Waals surface area contributed by atoms with Gasteiger partial charge in [0.15, 0.2) is 5.58 Å². The zero-order valence-corrected chi connectivity index (χ0v) is 12.9. The van der Waals surface area contributed by atoms with Crippen LogP contribution >= 0.6 is 0 Å². The van der Waals surface area contributed by atoms with Gasteiger partial charge in [0.2, 0.25) is 5.89 Å². The molecule has 0 fully saturated rings. The van der Waals surface area contributed by atoms with Crippen LogP contribution in [0.15, 0.2) is 28.7 Å². The van der Waals surface area contributed by atoms with Crippen LogP contribution in [0.25, 0.3) is 21.9 Å². The highest BCUT2D eigenvalue weighted by Crippen LogP contribution is 2.39. The Morgan fingerprint density at radius 3 is 2.45 bits per heavy atom. The molecule has 0 amide bonds. The Kier molecular flexibility index (Phi) is 3.09. The highest BCUT2D eigenvalue weighted by Gasteiger charge is 2.28. The molecule has 0 aliphatic heterocycles. The van der Waals surface area contributed by atoms with Crippen LogP contribution in [0.2, 0.25) is 0 Å². The molecule has 0 radical (unpaired) electrons. The smallest absolute Gasteiger partial charge is 0.344 e. The maximum absolute atomic E-state index is 12.1. The zero-order valence-electron chi connectivity index (χ0n) is 12.9. The van der Waals surface area contributed by atoms with Gasteiger partial charge >= 0.3 is 5.97 Å². The number of nitrogens with zero attached hydrogens (tertiary/aromatic N) is 1. The number of ether oxygens (including phenoxy) is 1. The van der Waals surface area contributed by atoms with Crippen molar-refractivity contribution in [1.29, 1.82) is 0 Å². The summed E-state index contributed by atoms with van der Waals surface area (Å²) in [5.74, 6) is -0.269. The summed E-state index contributed by atoms with van der Waals surface area (Å²) in [6.45, 7) is 5.91. The molecule has 1 heterocycles. The van der Waals surface area contributed by atoms with Crippen LogP contribution in [0.4, 0.5) is 0 Å². The summed E-state index contributed by atoms with van der Waals surface area (Å²) in [4.78, 5) is 16.5. The molecule has 5 nitrogen and oxygen atoms in total. The third-order valence-corrected chi connectivity index (χ3v) is 3.56. The second kappa shape index (κ2) is 4.73. The maximum atomic E-state index is 12.1. The van der Waals surface area contributed by atoms with E-state index in [2.05, 4.69) is 4.98 Å². The number of hydrogen-bond acceptors (Lipinski definition) is 5. The quantitative estimate of drug-likeness (QED) is 0.692. The van der Waals surface area contributed by atoms with Crippen LogP contribution in [0, 0.1) is 0 Å². The molecule has 0 saturated heterocycles. The zero-order chi connectivity index (χ0) is 16.1. The van der Waals surface area contributed by atoms with Crippen LogP contribution in [0.1, 0.15) is 37.0 Å². The lowest BCUT2D eigenvalue weighted by Gasteiger charge is -2.11. The second-order valence-electron chi connectivity index (χ2n) is 6.21. The highest BCUT2D eigenvalue weighted by atomic mass is 16.5. The molecule has 0 atom stereocenters. The molecule has 114 valence electrons. The molecule has 3 rings (SSSR count). The van der Waals surface area contributed by atoms with Gasteiger partial charge in [0.25, 0.3) is 0 Å². The summed E-state index contributed by atoms with van der Waals surface area (Å²) in [6.07, 6.45) is 0. The third-order valence-electron chi connectivity index (χ3n) is 3.56. The fraction of sp³-hybridized carbons (Fsp3) is 0.294. The van der Waals surface area contributed by atoms with Crippen LogP contribution in [0.3, 0.4) is 0 Å². The van der Waals surface area contributed by atoms with Gasteiger partial charge in [0.05, 0.1) is 7.11 Å². The summed E-state index contributed by atoms with van der Waals surface area (Å²) in [5.41, 5.74) is 0.533. The molecular formula is C17H17NO4. The van der Waals surface area contributed by atoms with Gasteiger partial charge in [-0.05, 0) is 0 Å². The number of rotatable bonds is 1. The number of phenols is 1. The standard InChI is InChI=1S/C17H17NO4/c1-17(2,3)16-18-12-11(15(20)21-4)13(19)9-7-5-6-8-10(9)14(12)22-16/h5-8,19H,1-4H3. The number of esters is 1. The molecule has 0 saturated carbocycles. The summed E-state index contributed by atoms with van der Waals surface area (Å²) >= 11 is 0. The number of benzene rings is 2. The van der Waals surface area contributed by atoms with Gasteiger partial charge in [-0.25, -0.2) is 9.78 Å². The first-order valence-electron chi connectivity index (χ1n) is 6.97. The average Bonchev–Trinajstić information content (AvgIpc) is 2.92. The minimum absolute atomic E-state index is 0.0375. The van der Waals surface area contributed by atoms with Gasteiger partial charge in [-0.1, -0.05) is 45.0 Å². The average molecular weight is 299 g/mol. The van der Waals surface area contributed by atoms with E-state index >= 15 is 0 Å². The van der Waals surface area contributed by atoms with Crippen molar-refractivity contribution in [3.63, 3.8) is 0 Å². The first-order valence-corrected chi connectivity index (χ1v) is 6.97. The minimum Gasteiger partial charge on any atom is -0.506 e. The minimum atomic E-state index is -0.637. The Bertz CT molecular complexity index is 887. The van der Waals surface area contributed by atoms with E-state index in [-0.39, 0.29) is 16.7 Å². The van der Waals surface area contributed by atoms with Gasteiger partial charge in [0.1, 0.15) is 16.8 Å². The fourth-order valence-corrected chi connectivity index (χ4v) is 2.42. The molecular weight excluding hydrogens is 282 g/mol. The Morgan fingerprint density at radius 2 is 1.86 bits per heavy atom. The number of fused-ring (bicyclic) bond motifs is 3. The summed E-state index contributed by atoms with van der Waals surface area (Å²) in [6, 6.07) is 7.19. The van der Waals surface area contributed by atoms with E-state index in [0.29, 0.717) is 27.8 Å². The monoisotopic (exact) mass is 299 g/mol. The maximum Gasteiger partial charge on any atom is 0.344 e. The van der Waals surface area contributed by atoms with Crippen molar-refractivity contribution in [2.24, 2.45) is 0 Å². The number of phenolic OH excluding ortho intramolecular Hbond substituents is 1. The Morgan fingerprint density at radius 1 is 1.23 bits per heavy atom. The Labute approximate surface area is 127 Å². The first kappa shape index (κ1) is 14.4. The van der Waals surface area contributed by atoms with E-state index in [1.165, 1.54) is 7.11 Å². The number of hydrogen-bond donors (Lipinski definition) is 1. The molecule has 5 heteroatoms. The third kappa shape index (κ3) is 2.01. The predicted molar refractivity (Wildman–Crippen MR) is 83.2 cm³/mol.